The summed E-state index contributed by atoms with van der Waals surface area (Å²) in [7, 11) is 0. The van der Waals surface area contributed by atoms with E-state index in [2.05, 4.69) is 5.32 Å². The molecule has 1 rings (SSSR count). The number of ether oxygens (including phenoxy) is 1. The predicted octanol–water partition coefficient (Wildman–Crippen LogP) is 1.29. The van der Waals surface area contributed by atoms with Gasteiger partial charge in [-0.05, 0) is 31.5 Å². The molecule has 0 aliphatic heterocycles. The molecule has 1 aromatic carbocycles. The summed E-state index contributed by atoms with van der Waals surface area (Å²) in [5.74, 6) is 0.458. The zero-order chi connectivity index (χ0) is 11.3. The minimum Gasteiger partial charge on any atom is -0.492 e. The molecule has 4 nitrogen and oxygen atoms in total. The van der Waals surface area contributed by atoms with Crippen molar-refractivity contribution >= 4 is 11.6 Å². The first-order valence-electron chi connectivity index (χ1n) is 4.90. The lowest BCUT2D eigenvalue weighted by atomic mass is 10.2. The summed E-state index contributed by atoms with van der Waals surface area (Å²) in [6.45, 7) is 4.41. The number of hydrogen-bond acceptors (Lipinski definition) is 3. The van der Waals surface area contributed by atoms with E-state index in [1.165, 1.54) is 0 Å². The topological polar surface area (TPSA) is 64.3 Å². The largest absolute Gasteiger partial charge is 0.492 e. The fourth-order valence-electron chi connectivity index (χ4n) is 1.21. The van der Waals surface area contributed by atoms with Crippen LogP contribution in [0.1, 0.15) is 12.5 Å². The van der Waals surface area contributed by atoms with E-state index < -0.39 is 0 Å². The quantitative estimate of drug-likeness (QED) is 0.783. The second kappa shape index (κ2) is 5.36. The van der Waals surface area contributed by atoms with E-state index in [1.54, 1.807) is 0 Å². The summed E-state index contributed by atoms with van der Waals surface area (Å²) >= 11 is 0. The Morgan fingerprint density at radius 2 is 2.27 bits per heavy atom. The lowest BCUT2D eigenvalue weighted by Gasteiger charge is -2.11. The van der Waals surface area contributed by atoms with Gasteiger partial charge in [0.1, 0.15) is 5.75 Å². The Kier molecular flexibility index (Phi) is 4.12. The van der Waals surface area contributed by atoms with Crippen molar-refractivity contribution in [2.45, 2.75) is 13.8 Å². The molecule has 0 atom stereocenters. The molecule has 3 N–H and O–H groups in total. The monoisotopic (exact) mass is 208 g/mol. The first-order chi connectivity index (χ1) is 7.17. The highest BCUT2D eigenvalue weighted by atomic mass is 16.5. The molecule has 0 saturated heterocycles. The van der Waals surface area contributed by atoms with Crippen LogP contribution in [-0.4, -0.2) is 19.1 Å². The minimum atomic E-state index is -0.222. The molecule has 1 aromatic rings. The van der Waals surface area contributed by atoms with Crippen molar-refractivity contribution in [2.75, 3.05) is 18.5 Å². The Morgan fingerprint density at radius 1 is 1.53 bits per heavy atom. The summed E-state index contributed by atoms with van der Waals surface area (Å²) in [5.41, 5.74) is 6.97. The van der Waals surface area contributed by atoms with Crippen LogP contribution in [0.5, 0.6) is 5.75 Å². The van der Waals surface area contributed by atoms with Crippen molar-refractivity contribution in [3.8, 4) is 5.75 Å². The van der Waals surface area contributed by atoms with E-state index in [4.69, 9.17) is 10.5 Å². The third kappa shape index (κ3) is 3.25. The highest BCUT2D eigenvalue weighted by Crippen LogP contribution is 2.25. The maximum atomic E-state index is 11.1. The number of nitrogens with two attached hydrogens (primary N) is 1. The molecular formula is C11H16N2O2. The van der Waals surface area contributed by atoms with Crippen LogP contribution in [0, 0.1) is 6.92 Å². The van der Waals surface area contributed by atoms with Crippen LogP contribution in [0.3, 0.4) is 0 Å². The number of aryl methyl sites for hydroxylation is 1. The van der Waals surface area contributed by atoms with Crippen molar-refractivity contribution in [1.82, 2.24) is 0 Å². The molecule has 0 radical (unpaired) electrons. The number of nitrogens with one attached hydrogen (secondary N) is 1. The molecule has 0 saturated carbocycles. The summed E-state index contributed by atoms with van der Waals surface area (Å²) in [5, 5.41) is 2.68. The molecule has 4 heteroatoms. The average molecular weight is 208 g/mol. The number of rotatable bonds is 4. The lowest BCUT2D eigenvalue weighted by Crippen LogP contribution is -2.22. The van der Waals surface area contributed by atoms with Gasteiger partial charge in [0.15, 0.2) is 0 Å². The number of anilines is 1. The maximum absolute atomic E-state index is 11.1. The Labute approximate surface area is 89.4 Å². The standard InChI is InChI=1S/C11H16N2O2/c1-3-15-10-6-8(2)4-5-9(10)13-11(14)7-12/h4-6H,3,7,12H2,1-2H3,(H,13,14). The number of carbonyl (C=O) groups excluding carboxylic acids is 1. The molecule has 82 valence electrons. The van der Waals surface area contributed by atoms with Crippen LogP contribution in [-0.2, 0) is 4.79 Å². The number of amides is 1. The molecule has 0 bridgehead atoms. The summed E-state index contributed by atoms with van der Waals surface area (Å²) in [4.78, 5) is 11.1. The molecule has 1 amide bonds. The van der Waals surface area contributed by atoms with Gasteiger partial charge in [-0.25, -0.2) is 0 Å². The second-order valence-electron chi connectivity index (χ2n) is 3.18. The number of benzene rings is 1. The van der Waals surface area contributed by atoms with Gasteiger partial charge in [-0.2, -0.15) is 0 Å². The SMILES string of the molecule is CCOc1cc(C)ccc1NC(=O)CN. The zero-order valence-electron chi connectivity index (χ0n) is 9.04. The Hall–Kier alpha value is -1.55. The third-order valence-electron chi connectivity index (χ3n) is 1.90. The highest BCUT2D eigenvalue weighted by Gasteiger charge is 2.06. The van der Waals surface area contributed by atoms with Crippen molar-refractivity contribution in [3.63, 3.8) is 0 Å². The predicted molar refractivity (Wildman–Crippen MR) is 60.0 cm³/mol. The van der Waals surface area contributed by atoms with Crippen LogP contribution in [0.2, 0.25) is 0 Å². The van der Waals surface area contributed by atoms with Crippen LogP contribution in [0.15, 0.2) is 18.2 Å². The molecule has 0 heterocycles. The fourth-order valence-corrected chi connectivity index (χ4v) is 1.21. The Balaban J connectivity index is 2.89. The van der Waals surface area contributed by atoms with Crippen LogP contribution in [0.4, 0.5) is 5.69 Å². The first-order valence-corrected chi connectivity index (χ1v) is 4.90. The van der Waals surface area contributed by atoms with Gasteiger partial charge in [0.2, 0.25) is 5.91 Å². The van der Waals surface area contributed by atoms with Gasteiger partial charge in [0, 0.05) is 0 Å². The molecule has 0 aliphatic carbocycles. The molecular weight excluding hydrogens is 192 g/mol. The summed E-state index contributed by atoms with van der Waals surface area (Å²) in [6.07, 6.45) is 0. The average Bonchev–Trinajstić information content (AvgIpc) is 2.22. The smallest absolute Gasteiger partial charge is 0.238 e. The van der Waals surface area contributed by atoms with Gasteiger partial charge >= 0.3 is 0 Å². The van der Waals surface area contributed by atoms with Crippen molar-refractivity contribution in [1.29, 1.82) is 0 Å². The fraction of sp³-hybridized carbons (Fsp3) is 0.364. The third-order valence-corrected chi connectivity index (χ3v) is 1.90. The van der Waals surface area contributed by atoms with E-state index in [0.29, 0.717) is 18.0 Å². The van der Waals surface area contributed by atoms with Crippen molar-refractivity contribution < 1.29 is 9.53 Å². The molecule has 0 fully saturated rings. The van der Waals surface area contributed by atoms with Gasteiger partial charge in [0.05, 0.1) is 18.8 Å². The Bertz CT molecular complexity index is 350. The van der Waals surface area contributed by atoms with Gasteiger partial charge in [-0.15, -0.1) is 0 Å². The van der Waals surface area contributed by atoms with Crippen LogP contribution < -0.4 is 15.8 Å². The number of hydrogen-bond donors (Lipinski definition) is 2. The molecule has 0 aromatic heterocycles. The van der Waals surface area contributed by atoms with Crippen molar-refractivity contribution in [2.24, 2.45) is 5.73 Å². The minimum absolute atomic E-state index is 0.0283. The van der Waals surface area contributed by atoms with E-state index in [9.17, 15) is 4.79 Å². The van der Waals surface area contributed by atoms with Gasteiger partial charge in [-0.3, -0.25) is 4.79 Å². The zero-order valence-corrected chi connectivity index (χ0v) is 9.04. The van der Waals surface area contributed by atoms with Gasteiger partial charge in [-0.1, -0.05) is 6.07 Å². The molecule has 0 unspecified atom stereocenters. The van der Waals surface area contributed by atoms with E-state index in [-0.39, 0.29) is 12.5 Å². The Morgan fingerprint density at radius 3 is 2.87 bits per heavy atom. The number of carbonyl (C=O) groups is 1. The molecule has 15 heavy (non-hydrogen) atoms. The lowest BCUT2D eigenvalue weighted by molar-refractivity contribution is -0.114. The normalized spacial score (nSPS) is 9.80. The van der Waals surface area contributed by atoms with Gasteiger partial charge < -0.3 is 15.8 Å². The maximum Gasteiger partial charge on any atom is 0.238 e. The second-order valence-corrected chi connectivity index (χ2v) is 3.18. The summed E-state index contributed by atoms with van der Waals surface area (Å²) in [6, 6.07) is 5.61. The molecule has 0 aliphatic rings. The van der Waals surface area contributed by atoms with Crippen LogP contribution in [0.25, 0.3) is 0 Å². The summed E-state index contributed by atoms with van der Waals surface area (Å²) < 4.78 is 5.41. The molecule has 0 spiro atoms. The van der Waals surface area contributed by atoms with E-state index in [0.717, 1.165) is 5.56 Å². The van der Waals surface area contributed by atoms with E-state index in [1.807, 2.05) is 32.0 Å². The van der Waals surface area contributed by atoms with E-state index >= 15 is 0 Å². The first kappa shape index (κ1) is 11.5. The van der Waals surface area contributed by atoms with Crippen molar-refractivity contribution in [3.05, 3.63) is 23.8 Å². The van der Waals surface area contributed by atoms with Gasteiger partial charge in [0.25, 0.3) is 0 Å². The van der Waals surface area contributed by atoms with Crippen LogP contribution >= 0.6 is 0 Å². The highest BCUT2D eigenvalue weighted by molar-refractivity contribution is 5.93.